The van der Waals surface area contributed by atoms with Crippen LogP contribution >= 0.6 is 11.8 Å². The smallest absolute Gasteiger partial charge is 0.224 e. The quantitative estimate of drug-likeness (QED) is 0.489. The molecular weight excluding hydrogens is 336 g/mol. The van der Waals surface area contributed by atoms with Crippen LogP contribution in [0.25, 0.3) is 0 Å². The minimum Gasteiger partial charge on any atom is -0.397 e. The molecule has 4 N–H and O–H groups in total. The van der Waals surface area contributed by atoms with Gasteiger partial charge in [-0.2, -0.15) is 0 Å². The van der Waals surface area contributed by atoms with E-state index in [4.69, 9.17) is 5.73 Å². The molecule has 0 fully saturated rings. The third-order valence-electron chi connectivity index (χ3n) is 3.86. The van der Waals surface area contributed by atoms with Crippen molar-refractivity contribution in [1.29, 1.82) is 0 Å². The number of benzene rings is 1. The Hall–Kier alpha value is -2.02. The van der Waals surface area contributed by atoms with Gasteiger partial charge in [0.15, 0.2) is 4.99 Å². The Balaban J connectivity index is 1.58. The van der Waals surface area contributed by atoms with Gasteiger partial charge in [0.25, 0.3) is 0 Å². The van der Waals surface area contributed by atoms with E-state index in [2.05, 4.69) is 22.5 Å². The van der Waals surface area contributed by atoms with Gasteiger partial charge >= 0.3 is 0 Å². The second kappa shape index (κ2) is 8.89. The summed E-state index contributed by atoms with van der Waals surface area (Å²) in [6, 6.07) is 7.19. The molecule has 1 aliphatic rings. The zero-order chi connectivity index (χ0) is 18.3. The highest BCUT2D eigenvalue weighted by atomic mass is 32.2. The Morgan fingerprint density at radius 2 is 1.88 bits per heavy atom. The van der Waals surface area contributed by atoms with Crippen LogP contribution in [-0.4, -0.2) is 28.3 Å². The molecule has 0 saturated carbocycles. The second-order valence-corrected chi connectivity index (χ2v) is 8.10. The van der Waals surface area contributed by atoms with E-state index in [-0.39, 0.29) is 11.8 Å². The van der Waals surface area contributed by atoms with Crippen molar-refractivity contribution >= 4 is 41.2 Å². The van der Waals surface area contributed by atoms with Gasteiger partial charge in [0.1, 0.15) is 0 Å². The zero-order valence-corrected chi connectivity index (χ0v) is 15.6. The first-order chi connectivity index (χ1) is 11.9. The third kappa shape index (κ3) is 6.42. The summed E-state index contributed by atoms with van der Waals surface area (Å²) in [7, 11) is 0. The Kier molecular flexibility index (Phi) is 6.87. The summed E-state index contributed by atoms with van der Waals surface area (Å²) in [6.45, 7) is 3.97. The Labute approximate surface area is 153 Å². The van der Waals surface area contributed by atoms with Gasteiger partial charge in [0.05, 0.1) is 11.4 Å². The number of nitrogens with zero attached hydrogens (tertiary/aromatic N) is 1. The van der Waals surface area contributed by atoms with Gasteiger partial charge < -0.3 is 16.4 Å². The summed E-state index contributed by atoms with van der Waals surface area (Å²) in [4.78, 5) is 27.7. The average Bonchev–Trinajstić information content (AvgIpc) is 2.88. The van der Waals surface area contributed by atoms with Gasteiger partial charge in [-0.1, -0.05) is 18.6 Å². The number of hydrogen-bond donors (Lipinski definition) is 3. The number of carbonyl (C=O) groups excluding carboxylic acids is 2. The summed E-state index contributed by atoms with van der Waals surface area (Å²) < 4.78 is 0. The lowest BCUT2D eigenvalue weighted by molar-refractivity contribution is -0.122. The minimum atomic E-state index is -0.536. The molecular formula is C18H26N4O2S. The van der Waals surface area contributed by atoms with Gasteiger partial charge in [-0.05, 0) is 38.8 Å². The summed E-state index contributed by atoms with van der Waals surface area (Å²) >= 11 is 1.63. The number of amides is 2. The minimum absolute atomic E-state index is 0.00256. The molecule has 2 rings (SSSR count). The monoisotopic (exact) mass is 362 g/mol. The van der Waals surface area contributed by atoms with E-state index in [0.29, 0.717) is 29.5 Å². The second-order valence-electron chi connectivity index (χ2n) is 6.33. The Bertz CT molecular complexity index is 650. The van der Waals surface area contributed by atoms with E-state index in [1.165, 1.54) is 0 Å². The zero-order valence-electron chi connectivity index (χ0n) is 14.7. The van der Waals surface area contributed by atoms with Crippen LogP contribution in [0.4, 0.5) is 11.4 Å². The summed E-state index contributed by atoms with van der Waals surface area (Å²) in [5.74, 6) is -0.0525. The van der Waals surface area contributed by atoms with Crippen molar-refractivity contribution in [3.05, 3.63) is 24.3 Å². The van der Waals surface area contributed by atoms with Crippen molar-refractivity contribution < 1.29 is 9.59 Å². The predicted octanol–water partition coefficient (Wildman–Crippen LogP) is 3.15. The number of carbonyl (C=O) groups is 2. The molecule has 2 amide bonds. The van der Waals surface area contributed by atoms with Crippen LogP contribution < -0.4 is 16.4 Å². The van der Waals surface area contributed by atoms with Crippen LogP contribution in [0.2, 0.25) is 0 Å². The normalized spacial score (nSPS) is 21.9. The van der Waals surface area contributed by atoms with Crippen molar-refractivity contribution in [2.45, 2.75) is 56.2 Å². The molecule has 2 atom stereocenters. The average molecular weight is 362 g/mol. The van der Waals surface area contributed by atoms with Crippen molar-refractivity contribution in [3.8, 4) is 0 Å². The number of nitrogens with two attached hydrogens (primary N) is 1. The number of aliphatic imine (C=N–C) groups is 1. The molecule has 6 nitrogen and oxygen atoms in total. The fourth-order valence-electron chi connectivity index (χ4n) is 2.62. The highest BCUT2D eigenvalue weighted by Crippen LogP contribution is 2.32. The molecule has 0 saturated heterocycles. The highest BCUT2D eigenvalue weighted by Gasteiger charge is 2.31. The fourth-order valence-corrected chi connectivity index (χ4v) is 3.76. The van der Waals surface area contributed by atoms with Crippen LogP contribution in [0.1, 0.15) is 46.0 Å². The van der Waals surface area contributed by atoms with E-state index >= 15 is 0 Å². The van der Waals surface area contributed by atoms with E-state index in [1.54, 1.807) is 23.9 Å². The van der Waals surface area contributed by atoms with E-state index in [0.717, 1.165) is 19.3 Å². The number of anilines is 2. The summed E-state index contributed by atoms with van der Waals surface area (Å²) in [6.07, 6.45) is 5.07. The fraction of sp³-hybridized carbons (Fsp3) is 0.500. The number of para-hydroxylation sites is 2. The lowest BCUT2D eigenvalue weighted by Crippen LogP contribution is -2.40. The predicted molar refractivity (Wildman–Crippen MR) is 105 cm³/mol. The largest absolute Gasteiger partial charge is 0.397 e. The molecule has 1 heterocycles. The number of unbranched alkanes of at least 4 members (excludes halogenated alkanes) is 2. The molecule has 0 aliphatic carbocycles. The number of hydrogen-bond acceptors (Lipinski definition) is 5. The van der Waals surface area contributed by atoms with Crippen molar-refractivity contribution in [3.63, 3.8) is 0 Å². The molecule has 1 aromatic carbocycles. The summed E-state index contributed by atoms with van der Waals surface area (Å²) in [5, 5.41) is 6.08. The molecule has 25 heavy (non-hydrogen) atoms. The Morgan fingerprint density at radius 3 is 2.52 bits per heavy atom. The standard InChI is InChI=1S/C18H26N4O2S/c1-13-12-20-18(2,25-13)22-17(24)11-5-3-4-10-16(23)21-15-9-7-6-8-14(15)19/h6-9,12-13H,3-5,10-11,19H2,1-2H3,(H,21,23)(H,22,24). The molecule has 1 aliphatic heterocycles. The molecule has 0 spiro atoms. The maximum Gasteiger partial charge on any atom is 0.224 e. The molecule has 0 bridgehead atoms. The topological polar surface area (TPSA) is 96.6 Å². The molecule has 136 valence electrons. The van der Waals surface area contributed by atoms with Crippen LogP contribution in [0.3, 0.4) is 0 Å². The number of rotatable bonds is 8. The first kappa shape index (κ1) is 19.3. The molecule has 0 radical (unpaired) electrons. The van der Waals surface area contributed by atoms with Crippen LogP contribution in [0.15, 0.2) is 29.3 Å². The lowest BCUT2D eigenvalue weighted by atomic mass is 10.1. The SMILES string of the molecule is CC1C=NC(C)(NC(=O)CCCCCC(=O)Nc2ccccc2N)S1. The molecule has 2 unspecified atom stereocenters. The summed E-state index contributed by atoms with van der Waals surface area (Å²) in [5.41, 5.74) is 6.99. The van der Waals surface area contributed by atoms with E-state index in [1.807, 2.05) is 25.3 Å². The van der Waals surface area contributed by atoms with E-state index < -0.39 is 4.99 Å². The van der Waals surface area contributed by atoms with Crippen LogP contribution in [0.5, 0.6) is 0 Å². The van der Waals surface area contributed by atoms with Gasteiger partial charge in [0.2, 0.25) is 11.8 Å². The van der Waals surface area contributed by atoms with Crippen molar-refractivity contribution in [2.75, 3.05) is 11.1 Å². The van der Waals surface area contributed by atoms with Crippen LogP contribution in [0, 0.1) is 0 Å². The van der Waals surface area contributed by atoms with Gasteiger partial charge in [-0.15, -0.1) is 11.8 Å². The Morgan fingerprint density at radius 1 is 1.20 bits per heavy atom. The number of thioether (sulfide) groups is 1. The van der Waals surface area contributed by atoms with Gasteiger partial charge in [-0.25, -0.2) is 0 Å². The van der Waals surface area contributed by atoms with Gasteiger partial charge in [0, 0.05) is 24.3 Å². The third-order valence-corrected chi connectivity index (χ3v) is 5.02. The first-order valence-corrected chi connectivity index (χ1v) is 9.44. The molecule has 7 heteroatoms. The van der Waals surface area contributed by atoms with Crippen molar-refractivity contribution in [1.82, 2.24) is 5.32 Å². The molecule has 1 aromatic rings. The van der Waals surface area contributed by atoms with Gasteiger partial charge in [-0.3, -0.25) is 14.6 Å². The maximum absolute atomic E-state index is 12.0. The number of nitrogen functional groups attached to an aromatic ring is 1. The lowest BCUT2D eigenvalue weighted by Gasteiger charge is -2.22. The highest BCUT2D eigenvalue weighted by molar-refractivity contribution is 8.02. The maximum atomic E-state index is 12.0. The van der Waals surface area contributed by atoms with Crippen LogP contribution in [-0.2, 0) is 9.59 Å². The first-order valence-electron chi connectivity index (χ1n) is 8.56. The van der Waals surface area contributed by atoms with E-state index in [9.17, 15) is 9.59 Å². The number of nitrogens with one attached hydrogen (secondary N) is 2. The van der Waals surface area contributed by atoms with Crippen molar-refractivity contribution in [2.24, 2.45) is 4.99 Å². The molecule has 0 aromatic heterocycles.